The first-order chi connectivity index (χ1) is 15.6. The van der Waals surface area contributed by atoms with Gasteiger partial charge in [0, 0.05) is 49.2 Å². The van der Waals surface area contributed by atoms with E-state index in [1.807, 2.05) is 0 Å². The number of carbonyl (C=O) groups excluding carboxylic acids is 3. The van der Waals surface area contributed by atoms with Gasteiger partial charge in [0.1, 0.15) is 0 Å². The normalized spacial score (nSPS) is 13.3. The number of methoxy groups -OCH3 is 1. The highest BCUT2D eigenvalue weighted by Gasteiger charge is 2.18. The van der Waals surface area contributed by atoms with Gasteiger partial charge in [-0.1, -0.05) is 0 Å². The first kappa shape index (κ1) is 23.2. The predicted octanol–water partition coefficient (Wildman–Crippen LogP) is 1.59. The van der Waals surface area contributed by atoms with Crippen LogP contribution in [0.5, 0.6) is 0 Å². The molecule has 0 atom stereocenters. The topological polar surface area (TPSA) is 109 Å². The average molecular weight is 441 g/mol. The molecule has 0 radical (unpaired) electrons. The molecule has 9 nitrogen and oxygen atoms in total. The highest BCUT2D eigenvalue weighted by atomic mass is 16.5. The minimum Gasteiger partial charge on any atom is -0.383 e. The zero-order valence-corrected chi connectivity index (χ0v) is 18.1. The van der Waals surface area contributed by atoms with Gasteiger partial charge in [-0.25, -0.2) is 0 Å². The first-order valence-corrected chi connectivity index (χ1v) is 10.4. The number of anilines is 2. The summed E-state index contributed by atoms with van der Waals surface area (Å²) in [6.45, 7) is 3.25. The van der Waals surface area contributed by atoms with Crippen molar-refractivity contribution in [1.82, 2.24) is 10.2 Å². The Kier molecular flexibility index (Phi) is 8.59. The van der Waals surface area contributed by atoms with Crippen molar-refractivity contribution in [3.63, 3.8) is 0 Å². The van der Waals surface area contributed by atoms with Gasteiger partial charge in [0.15, 0.2) is 0 Å². The van der Waals surface area contributed by atoms with E-state index in [-0.39, 0.29) is 24.3 Å². The summed E-state index contributed by atoms with van der Waals surface area (Å²) < 4.78 is 10.2. The number of morpholine rings is 1. The molecule has 3 N–H and O–H groups in total. The van der Waals surface area contributed by atoms with Crippen molar-refractivity contribution in [3.05, 3.63) is 59.7 Å². The van der Waals surface area contributed by atoms with Gasteiger partial charge in [-0.15, -0.1) is 0 Å². The molecule has 0 aromatic heterocycles. The summed E-state index contributed by atoms with van der Waals surface area (Å²) in [5.41, 5.74) is 2.44. The summed E-state index contributed by atoms with van der Waals surface area (Å²) in [7, 11) is 1.57. The summed E-state index contributed by atoms with van der Waals surface area (Å²) in [6, 6.07) is 13.7. The predicted molar refractivity (Wildman–Crippen MR) is 121 cm³/mol. The monoisotopic (exact) mass is 440 g/mol. The number of ether oxygens (including phenoxy) is 2. The molecule has 9 heteroatoms. The molecule has 3 rings (SSSR count). The lowest BCUT2D eigenvalue weighted by Crippen LogP contribution is -2.40. The molecular weight excluding hydrogens is 412 g/mol. The summed E-state index contributed by atoms with van der Waals surface area (Å²) in [6.07, 6.45) is 0. The van der Waals surface area contributed by atoms with Gasteiger partial charge in [0.05, 0.1) is 26.4 Å². The number of nitrogens with one attached hydrogen (secondary N) is 3. The van der Waals surface area contributed by atoms with Crippen molar-refractivity contribution < 1.29 is 23.9 Å². The van der Waals surface area contributed by atoms with Crippen molar-refractivity contribution >= 4 is 29.1 Å². The van der Waals surface area contributed by atoms with Gasteiger partial charge in [-0.05, 0) is 48.5 Å². The Hall–Kier alpha value is -3.43. The number of benzene rings is 2. The lowest BCUT2D eigenvalue weighted by atomic mass is 10.1. The Bertz CT molecular complexity index is 909. The number of amides is 3. The molecule has 3 amide bonds. The van der Waals surface area contributed by atoms with E-state index in [9.17, 15) is 14.4 Å². The van der Waals surface area contributed by atoms with Crippen LogP contribution in [0.3, 0.4) is 0 Å². The zero-order chi connectivity index (χ0) is 22.8. The highest BCUT2D eigenvalue weighted by molar-refractivity contribution is 5.97. The summed E-state index contributed by atoms with van der Waals surface area (Å²) in [5, 5.41) is 8.55. The molecule has 0 bridgehead atoms. The van der Waals surface area contributed by atoms with Crippen LogP contribution in [0.25, 0.3) is 0 Å². The van der Waals surface area contributed by atoms with Crippen LogP contribution in [0.4, 0.5) is 11.4 Å². The van der Waals surface area contributed by atoms with Crippen LogP contribution in [0.2, 0.25) is 0 Å². The Labute approximate surface area is 187 Å². The molecule has 1 aliphatic rings. The molecule has 170 valence electrons. The van der Waals surface area contributed by atoms with Gasteiger partial charge < -0.3 is 30.3 Å². The van der Waals surface area contributed by atoms with Gasteiger partial charge >= 0.3 is 0 Å². The standard InChI is InChI=1S/C23H28N4O5/c1-31-13-10-24-22(29)17-2-8-20(9-3-17)26-21(28)16-25-19-6-4-18(5-7-19)23(30)27-11-14-32-15-12-27/h2-9,25H,10-16H2,1H3,(H,24,29)(H,26,28). The third-order valence-corrected chi connectivity index (χ3v) is 4.91. The van der Waals surface area contributed by atoms with E-state index in [1.165, 1.54) is 0 Å². The first-order valence-electron chi connectivity index (χ1n) is 10.4. The molecule has 1 aliphatic heterocycles. The molecule has 0 spiro atoms. The third-order valence-electron chi connectivity index (χ3n) is 4.91. The fraction of sp³-hybridized carbons (Fsp3) is 0.348. The maximum absolute atomic E-state index is 12.5. The Balaban J connectivity index is 1.44. The van der Waals surface area contributed by atoms with Gasteiger partial charge in [-0.3, -0.25) is 14.4 Å². The van der Waals surface area contributed by atoms with Crippen LogP contribution in [0.1, 0.15) is 20.7 Å². The number of hydrogen-bond acceptors (Lipinski definition) is 6. The lowest BCUT2D eigenvalue weighted by molar-refractivity contribution is -0.114. The number of carbonyl (C=O) groups is 3. The van der Waals surface area contributed by atoms with Gasteiger partial charge in [0.25, 0.3) is 11.8 Å². The molecule has 1 saturated heterocycles. The second kappa shape index (κ2) is 11.8. The minimum absolute atomic E-state index is 0.0200. The maximum atomic E-state index is 12.5. The second-order valence-corrected chi connectivity index (χ2v) is 7.21. The summed E-state index contributed by atoms with van der Waals surface area (Å²) in [5.74, 6) is -0.443. The lowest BCUT2D eigenvalue weighted by Gasteiger charge is -2.26. The van der Waals surface area contributed by atoms with Crippen molar-refractivity contribution in [3.8, 4) is 0 Å². The van der Waals surface area contributed by atoms with Crippen LogP contribution in [0.15, 0.2) is 48.5 Å². The fourth-order valence-corrected chi connectivity index (χ4v) is 3.14. The molecule has 0 aliphatic carbocycles. The number of rotatable bonds is 9. The third kappa shape index (κ3) is 6.79. The van der Waals surface area contributed by atoms with Crippen LogP contribution in [-0.2, 0) is 14.3 Å². The Morgan fingerprint density at radius 1 is 0.938 bits per heavy atom. The van der Waals surface area contributed by atoms with Crippen molar-refractivity contribution in [2.75, 3.05) is 63.7 Å². The molecule has 2 aromatic rings. The molecular formula is C23H28N4O5. The van der Waals surface area contributed by atoms with E-state index < -0.39 is 0 Å². The van der Waals surface area contributed by atoms with Crippen LogP contribution < -0.4 is 16.0 Å². The van der Waals surface area contributed by atoms with Crippen molar-refractivity contribution in [2.24, 2.45) is 0 Å². The van der Waals surface area contributed by atoms with Crippen LogP contribution in [-0.4, -0.2) is 75.7 Å². The second-order valence-electron chi connectivity index (χ2n) is 7.21. The molecule has 1 fully saturated rings. The number of hydrogen-bond donors (Lipinski definition) is 3. The van der Waals surface area contributed by atoms with E-state index in [0.717, 1.165) is 5.69 Å². The number of nitrogens with zero attached hydrogens (tertiary/aromatic N) is 1. The molecule has 0 saturated carbocycles. The molecule has 1 heterocycles. The molecule has 32 heavy (non-hydrogen) atoms. The Morgan fingerprint density at radius 2 is 1.56 bits per heavy atom. The summed E-state index contributed by atoms with van der Waals surface area (Å²) in [4.78, 5) is 38.4. The molecule has 2 aromatic carbocycles. The highest BCUT2D eigenvalue weighted by Crippen LogP contribution is 2.13. The SMILES string of the molecule is COCCNC(=O)c1ccc(NC(=O)CNc2ccc(C(=O)N3CCOCC3)cc2)cc1. The van der Waals surface area contributed by atoms with E-state index in [4.69, 9.17) is 9.47 Å². The minimum atomic E-state index is -0.226. The van der Waals surface area contributed by atoms with E-state index >= 15 is 0 Å². The van der Waals surface area contributed by atoms with E-state index in [0.29, 0.717) is 56.3 Å². The van der Waals surface area contributed by atoms with Gasteiger partial charge in [-0.2, -0.15) is 0 Å². The average Bonchev–Trinajstić information content (AvgIpc) is 2.84. The van der Waals surface area contributed by atoms with Crippen molar-refractivity contribution in [1.29, 1.82) is 0 Å². The van der Waals surface area contributed by atoms with E-state index in [2.05, 4.69) is 16.0 Å². The Morgan fingerprint density at radius 3 is 2.22 bits per heavy atom. The van der Waals surface area contributed by atoms with Crippen LogP contribution in [0, 0.1) is 0 Å². The maximum Gasteiger partial charge on any atom is 0.254 e. The summed E-state index contributed by atoms with van der Waals surface area (Å²) >= 11 is 0. The van der Waals surface area contributed by atoms with Gasteiger partial charge in [0.2, 0.25) is 5.91 Å². The molecule has 0 unspecified atom stereocenters. The zero-order valence-electron chi connectivity index (χ0n) is 18.1. The van der Waals surface area contributed by atoms with Crippen molar-refractivity contribution in [2.45, 2.75) is 0 Å². The quantitative estimate of drug-likeness (QED) is 0.511. The fourth-order valence-electron chi connectivity index (χ4n) is 3.14. The smallest absolute Gasteiger partial charge is 0.254 e. The van der Waals surface area contributed by atoms with E-state index in [1.54, 1.807) is 60.5 Å². The van der Waals surface area contributed by atoms with Crippen LogP contribution >= 0.6 is 0 Å². The largest absolute Gasteiger partial charge is 0.383 e.